The van der Waals surface area contributed by atoms with E-state index in [4.69, 9.17) is 0 Å². The number of aliphatic hydroxyl groups is 1. The van der Waals surface area contributed by atoms with Crippen LogP contribution in [0.4, 0.5) is 0 Å². The van der Waals surface area contributed by atoms with E-state index in [1.807, 2.05) is 52.3 Å². The Morgan fingerprint density at radius 1 is 1.07 bits per heavy atom. The van der Waals surface area contributed by atoms with Crippen LogP contribution in [-0.2, 0) is 35.6 Å². The van der Waals surface area contributed by atoms with Crippen LogP contribution in [0, 0.1) is 5.41 Å². The number of aromatic nitrogens is 4. The Labute approximate surface area is 270 Å². The maximum atomic E-state index is 13.0. The second kappa shape index (κ2) is 15.7. The summed E-state index contributed by atoms with van der Waals surface area (Å²) in [6, 6.07) is 17.8. The van der Waals surface area contributed by atoms with Crippen LogP contribution < -0.4 is 34.7 Å². The quantitative estimate of drug-likeness (QED) is 0.267. The van der Waals surface area contributed by atoms with Gasteiger partial charge >= 0.3 is 29.6 Å². The molecule has 2 unspecified atom stereocenters. The number of fused-ring (bicyclic) bond motifs is 1. The van der Waals surface area contributed by atoms with E-state index < -0.39 is 18.5 Å². The van der Waals surface area contributed by atoms with E-state index in [0.29, 0.717) is 44.7 Å². The van der Waals surface area contributed by atoms with Gasteiger partial charge in [0.25, 0.3) is 0 Å². The van der Waals surface area contributed by atoms with Gasteiger partial charge in [0.2, 0.25) is 5.91 Å². The first kappa shape index (κ1) is 33.9. The van der Waals surface area contributed by atoms with Crippen LogP contribution in [0.3, 0.4) is 0 Å². The number of carbonyl (C=O) groups excluding carboxylic acids is 2. The molecule has 11 heteroatoms. The summed E-state index contributed by atoms with van der Waals surface area (Å²) in [5, 5.41) is 34.5. The number of tetrazole rings is 1. The maximum Gasteiger partial charge on any atom is 1.00 e. The molecular formula is C31H41N6NaO4. The molecule has 0 aliphatic carbocycles. The molecule has 0 bridgehead atoms. The minimum Gasteiger partial charge on any atom is -0.550 e. The molecule has 3 aromatic rings. The Kier molecular flexibility index (Phi) is 12.7. The third-order valence-corrected chi connectivity index (χ3v) is 7.42. The number of nitrogens with zero attached hydrogens (tertiary/aromatic N) is 6. The molecule has 2 aromatic carbocycles. The van der Waals surface area contributed by atoms with Crippen LogP contribution in [-0.4, -0.2) is 66.2 Å². The van der Waals surface area contributed by atoms with Crippen LogP contribution in [0.15, 0.2) is 54.6 Å². The summed E-state index contributed by atoms with van der Waals surface area (Å²) in [4.78, 5) is 28.2. The average molecular weight is 585 g/mol. The number of hydrogen-bond acceptors (Lipinski definition) is 8. The number of hydrogen-bond donors (Lipinski definition) is 1. The van der Waals surface area contributed by atoms with Crippen molar-refractivity contribution in [3.05, 3.63) is 77.1 Å². The van der Waals surface area contributed by atoms with Gasteiger partial charge in [-0.3, -0.25) is 9.69 Å². The maximum absolute atomic E-state index is 13.0. The Hall–Kier alpha value is -2.63. The number of amides is 1. The summed E-state index contributed by atoms with van der Waals surface area (Å²) in [6.45, 7) is 8.81. The van der Waals surface area contributed by atoms with Crippen molar-refractivity contribution in [1.29, 1.82) is 0 Å². The molecule has 42 heavy (non-hydrogen) atoms. The van der Waals surface area contributed by atoms with Crippen molar-refractivity contribution in [3.8, 4) is 0 Å². The topological polar surface area (TPSA) is 128 Å². The number of carbonyl (C=O) groups is 2. The molecule has 1 amide bonds. The molecule has 0 saturated heterocycles. The number of aliphatic carboxylic acids is 1. The normalized spacial score (nSPS) is 14.6. The number of aliphatic hydroxyl groups excluding tert-OH is 1. The average Bonchev–Trinajstić information content (AvgIpc) is 3.39. The Morgan fingerprint density at radius 2 is 1.76 bits per heavy atom. The van der Waals surface area contributed by atoms with Crippen molar-refractivity contribution in [2.75, 3.05) is 13.1 Å². The number of carboxylic acid groups (broad SMARTS) is 1. The Morgan fingerprint density at radius 3 is 2.45 bits per heavy atom. The van der Waals surface area contributed by atoms with Crippen molar-refractivity contribution >= 4 is 11.9 Å². The number of benzene rings is 2. The molecular weight excluding hydrogens is 543 g/mol. The van der Waals surface area contributed by atoms with Gasteiger partial charge in [0.15, 0.2) is 5.82 Å². The van der Waals surface area contributed by atoms with Crippen LogP contribution in [0.2, 0.25) is 0 Å². The minimum atomic E-state index is -1.30. The summed E-state index contributed by atoms with van der Waals surface area (Å²) >= 11 is 0. The largest absolute Gasteiger partial charge is 1.00 e. The van der Waals surface area contributed by atoms with Gasteiger partial charge in [0, 0.05) is 51.5 Å². The third-order valence-electron chi connectivity index (χ3n) is 7.42. The van der Waals surface area contributed by atoms with E-state index in [9.17, 15) is 19.8 Å². The fourth-order valence-corrected chi connectivity index (χ4v) is 5.47. The van der Waals surface area contributed by atoms with E-state index in [0.717, 1.165) is 18.5 Å². The summed E-state index contributed by atoms with van der Waals surface area (Å²) in [7, 11) is 0. The van der Waals surface area contributed by atoms with E-state index >= 15 is 0 Å². The SMILES string of the molecule is CC(C)(C)CC(c1nnnn1CCCC(=O)N1CCc2ccccc2C1)N(Cc1ccccc1)CC(O)CC(=O)[O-].[Na+]. The molecule has 1 N–H and O–H groups in total. The summed E-state index contributed by atoms with van der Waals surface area (Å²) < 4.78 is 1.75. The molecule has 10 nitrogen and oxygen atoms in total. The zero-order chi connectivity index (χ0) is 29.4. The molecule has 0 radical (unpaired) electrons. The molecule has 2 heterocycles. The molecule has 0 fully saturated rings. The van der Waals surface area contributed by atoms with Gasteiger partial charge < -0.3 is 19.9 Å². The van der Waals surface area contributed by atoms with Gasteiger partial charge in [0.05, 0.1) is 12.1 Å². The van der Waals surface area contributed by atoms with E-state index in [1.54, 1.807) is 4.68 Å². The number of rotatable bonds is 13. The van der Waals surface area contributed by atoms with Crippen LogP contribution in [0.1, 0.15) is 75.0 Å². The van der Waals surface area contributed by atoms with Crippen molar-refractivity contribution in [2.45, 2.75) is 84.7 Å². The van der Waals surface area contributed by atoms with Crippen molar-refractivity contribution in [2.24, 2.45) is 5.41 Å². The van der Waals surface area contributed by atoms with Crippen LogP contribution >= 0.6 is 0 Å². The van der Waals surface area contributed by atoms with Gasteiger partial charge in [0.1, 0.15) is 0 Å². The van der Waals surface area contributed by atoms with Crippen molar-refractivity contribution < 1.29 is 49.4 Å². The summed E-state index contributed by atoms with van der Waals surface area (Å²) in [5.41, 5.74) is 3.43. The molecule has 1 aliphatic heterocycles. The zero-order valence-electron chi connectivity index (χ0n) is 25.3. The first-order valence-corrected chi connectivity index (χ1v) is 14.4. The fraction of sp³-hybridized carbons (Fsp3) is 0.516. The molecule has 0 spiro atoms. The fourth-order valence-electron chi connectivity index (χ4n) is 5.47. The number of aryl methyl sites for hydroxylation is 1. The Bertz CT molecular complexity index is 1300. The predicted molar refractivity (Wildman–Crippen MR) is 152 cm³/mol. The molecule has 220 valence electrons. The van der Waals surface area contributed by atoms with Crippen molar-refractivity contribution in [1.82, 2.24) is 30.0 Å². The monoisotopic (exact) mass is 584 g/mol. The van der Waals surface area contributed by atoms with E-state index in [-0.39, 0.29) is 53.5 Å². The molecule has 2 atom stereocenters. The molecule has 0 saturated carbocycles. The van der Waals surface area contributed by atoms with Gasteiger partial charge in [-0.2, -0.15) is 0 Å². The van der Waals surface area contributed by atoms with Gasteiger partial charge in [-0.05, 0) is 51.8 Å². The smallest absolute Gasteiger partial charge is 0.550 e. The van der Waals surface area contributed by atoms with Gasteiger partial charge in [-0.25, -0.2) is 4.68 Å². The first-order valence-electron chi connectivity index (χ1n) is 14.4. The van der Waals surface area contributed by atoms with E-state index in [2.05, 4.69) is 48.4 Å². The van der Waals surface area contributed by atoms with Gasteiger partial charge in [-0.1, -0.05) is 75.4 Å². The van der Waals surface area contributed by atoms with Crippen LogP contribution in [0.25, 0.3) is 0 Å². The molecule has 4 rings (SSSR count). The number of carboxylic acids is 1. The van der Waals surface area contributed by atoms with Crippen LogP contribution in [0.5, 0.6) is 0 Å². The predicted octanol–water partition coefficient (Wildman–Crippen LogP) is -0.477. The summed E-state index contributed by atoms with van der Waals surface area (Å²) in [5.74, 6) is -0.538. The third kappa shape index (κ3) is 9.98. The minimum absolute atomic E-state index is 0. The molecule has 1 aliphatic rings. The first-order chi connectivity index (χ1) is 19.6. The second-order valence-electron chi connectivity index (χ2n) is 12.1. The van der Waals surface area contributed by atoms with E-state index in [1.165, 1.54) is 11.1 Å². The summed E-state index contributed by atoms with van der Waals surface area (Å²) in [6.07, 6.45) is 0.954. The standard InChI is InChI=1S/C31H42N6O4.Na/c1-31(2,3)19-27(36(22-26(38)18-29(40)41)20-23-10-5-4-6-11-23)30-32-33-34-37(30)16-9-14-28(39)35-17-15-24-12-7-8-13-25(24)21-35;/h4-8,10-13,26-27,38H,9,14-22H2,1-3H3,(H,40,41);/q;+1/p-1. The molecule has 1 aromatic heterocycles. The van der Waals surface area contributed by atoms with Gasteiger partial charge in [-0.15, -0.1) is 5.10 Å². The zero-order valence-corrected chi connectivity index (χ0v) is 27.3. The second-order valence-corrected chi connectivity index (χ2v) is 12.1. The Balaban J connectivity index is 0.00000484. The van der Waals surface area contributed by atoms with Crippen molar-refractivity contribution in [3.63, 3.8) is 0 Å².